The van der Waals surface area contributed by atoms with Crippen LogP contribution in [0.5, 0.6) is 0 Å². The number of carbonyl (C=O) groups excluding carboxylic acids is 3. The number of rotatable bonds is 8. The minimum absolute atomic E-state index is 0.218. The molecule has 0 aliphatic heterocycles. The number of benzene rings is 1. The fourth-order valence-electron chi connectivity index (χ4n) is 2.34. The van der Waals surface area contributed by atoms with E-state index in [0.29, 0.717) is 12.8 Å². The average Bonchev–Trinajstić information content (AvgIpc) is 2.44. The molecule has 0 heterocycles. The van der Waals surface area contributed by atoms with Gasteiger partial charge in [-0.25, -0.2) is 0 Å². The predicted octanol–water partition coefficient (Wildman–Crippen LogP) is 1.35. The van der Waals surface area contributed by atoms with Gasteiger partial charge in [-0.3, -0.25) is 14.4 Å². The fourth-order valence-corrected chi connectivity index (χ4v) is 2.95. The van der Waals surface area contributed by atoms with Gasteiger partial charge in [0, 0.05) is 16.9 Å². The second-order valence-corrected chi connectivity index (χ2v) is 7.43. The molecule has 2 atom stereocenters. The predicted molar refractivity (Wildman–Crippen MR) is 101 cm³/mol. The van der Waals surface area contributed by atoms with Crippen LogP contribution in [-0.2, 0) is 20.8 Å². The maximum Gasteiger partial charge on any atom is 0.243 e. The number of halogens is 1. The van der Waals surface area contributed by atoms with Gasteiger partial charge in [0.1, 0.15) is 12.1 Å². The van der Waals surface area contributed by atoms with Gasteiger partial charge in [0.15, 0.2) is 0 Å². The Morgan fingerprint density at radius 2 is 1.83 bits per heavy atom. The topological polar surface area (TPSA) is 101 Å². The lowest BCUT2D eigenvalue weighted by molar-refractivity contribution is -0.131. The highest BCUT2D eigenvalue weighted by Gasteiger charge is 2.25. The smallest absolute Gasteiger partial charge is 0.243 e. The molecule has 0 saturated carbocycles. The lowest BCUT2D eigenvalue weighted by Crippen LogP contribution is -2.53. The van der Waals surface area contributed by atoms with Crippen LogP contribution in [0.4, 0.5) is 0 Å². The summed E-state index contributed by atoms with van der Waals surface area (Å²) in [4.78, 5) is 35.5. The number of amides is 3. The molecule has 132 valence electrons. The molecule has 0 spiro atoms. The van der Waals surface area contributed by atoms with Gasteiger partial charge >= 0.3 is 0 Å². The Balaban J connectivity index is 2.83. The largest absolute Gasteiger partial charge is 0.368 e. The molecule has 24 heavy (non-hydrogen) atoms. The first-order chi connectivity index (χ1) is 11.2. The van der Waals surface area contributed by atoms with Crippen LogP contribution in [0.3, 0.4) is 0 Å². The van der Waals surface area contributed by atoms with Crippen molar-refractivity contribution in [2.24, 2.45) is 11.7 Å². The summed E-state index contributed by atoms with van der Waals surface area (Å²) >= 11 is 2.18. The molecule has 0 aliphatic rings. The molecular formula is C17H24IN3O3. The molecule has 1 aromatic rings. The Morgan fingerprint density at radius 3 is 2.33 bits per heavy atom. The molecule has 0 aromatic heterocycles. The van der Waals surface area contributed by atoms with Crippen LogP contribution in [0, 0.1) is 9.49 Å². The summed E-state index contributed by atoms with van der Waals surface area (Å²) in [5.74, 6) is -1.07. The lowest BCUT2D eigenvalue weighted by Gasteiger charge is -2.22. The van der Waals surface area contributed by atoms with Gasteiger partial charge in [-0.2, -0.15) is 0 Å². The van der Waals surface area contributed by atoms with E-state index in [4.69, 9.17) is 5.73 Å². The summed E-state index contributed by atoms with van der Waals surface area (Å²) in [5.41, 5.74) is 6.34. The van der Waals surface area contributed by atoms with Crippen molar-refractivity contribution in [2.75, 3.05) is 0 Å². The number of carbonyl (C=O) groups is 3. The molecule has 7 heteroatoms. The standard InChI is InChI=1S/C17H24IN3O3/c1-10(2)7-15(20-11(3)22)17(24)21-14(16(19)23)9-12-5-4-6-13(18)8-12/h4-6,8,10,14-15H,7,9H2,1-3H3,(H2,19,23)(H,20,22)(H,21,24)/t14-,15+/m1/s1. The molecule has 0 unspecified atom stereocenters. The Kier molecular flexibility index (Phi) is 8.17. The van der Waals surface area contributed by atoms with Crippen LogP contribution in [-0.4, -0.2) is 29.8 Å². The molecule has 4 N–H and O–H groups in total. The van der Waals surface area contributed by atoms with Gasteiger partial charge in [0.05, 0.1) is 0 Å². The van der Waals surface area contributed by atoms with Gasteiger partial charge in [-0.15, -0.1) is 0 Å². The Hall–Kier alpha value is -1.64. The van der Waals surface area contributed by atoms with E-state index in [9.17, 15) is 14.4 Å². The van der Waals surface area contributed by atoms with Gasteiger partial charge in [0.25, 0.3) is 0 Å². The highest BCUT2D eigenvalue weighted by atomic mass is 127. The minimum Gasteiger partial charge on any atom is -0.368 e. The molecule has 0 radical (unpaired) electrons. The van der Waals surface area contributed by atoms with E-state index in [1.165, 1.54) is 6.92 Å². The fraction of sp³-hybridized carbons (Fsp3) is 0.471. The van der Waals surface area contributed by atoms with Crippen molar-refractivity contribution in [3.63, 3.8) is 0 Å². The third-order valence-corrected chi connectivity index (χ3v) is 4.06. The Bertz CT molecular complexity index is 604. The zero-order chi connectivity index (χ0) is 18.3. The van der Waals surface area contributed by atoms with Crippen molar-refractivity contribution in [1.82, 2.24) is 10.6 Å². The van der Waals surface area contributed by atoms with Crippen LogP contribution < -0.4 is 16.4 Å². The number of hydrogen-bond donors (Lipinski definition) is 3. The minimum atomic E-state index is -0.820. The first-order valence-corrected chi connectivity index (χ1v) is 8.88. The molecule has 1 aromatic carbocycles. The maximum atomic E-state index is 12.5. The zero-order valence-electron chi connectivity index (χ0n) is 14.1. The van der Waals surface area contributed by atoms with E-state index in [-0.39, 0.29) is 11.8 Å². The summed E-state index contributed by atoms with van der Waals surface area (Å²) in [5, 5.41) is 5.29. The average molecular weight is 445 g/mol. The second kappa shape index (κ2) is 9.61. The summed E-state index contributed by atoms with van der Waals surface area (Å²) in [6.45, 7) is 5.28. The summed E-state index contributed by atoms with van der Waals surface area (Å²) in [7, 11) is 0. The molecular weight excluding hydrogens is 421 g/mol. The number of nitrogens with one attached hydrogen (secondary N) is 2. The van der Waals surface area contributed by atoms with Crippen LogP contribution in [0.1, 0.15) is 32.8 Å². The van der Waals surface area contributed by atoms with E-state index < -0.39 is 23.9 Å². The monoisotopic (exact) mass is 445 g/mol. The van der Waals surface area contributed by atoms with Crippen LogP contribution in [0.15, 0.2) is 24.3 Å². The summed E-state index contributed by atoms with van der Waals surface area (Å²) in [6, 6.07) is 6.14. The van der Waals surface area contributed by atoms with E-state index >= 15 is 0 Å². The van der Waals surface area contributed by atoms with Gasteiger partial charge in [0.2, 0.25) is 17.7 Å². The van der Waals surface area contributed by atoms with Crippen molar-refractivity contribution >= 4 is 40.3 Å². The van der Waals surface area contributed by atoms with Crippen molar-refractivity contribution in [3.05, 3.63) is 33.4 Å². The first-order valence-electron chi connectivity index (χ1n) is 7.80. The van der Waals surface area contributed by atoms with Gasteiger partial charge in [-0.1, -0.05) is 26.0 Å². The van der Waals surface area contributed by atoms with Crippen LogP contribution >= 0.6 is 22.6 Å². The molecule has 0 aliphatic carbocycles. The van der Waals surface area contributed by atoms with Crippen LogP contribution in [0.25, 0.3) is 0 Å². The molecule has 0 fully saturated rings. The molecule has 0 saturated heterocycles. The number of nitrogens with two attached hydrogens (primary N) is 1. The maximum absolute atomic E-state index is 12.5. The Labute approximate surface area is 156 Å². The summed E-state index contributed by atoms with van der Waals surface area (Å²) in [6.07, 6.45) is 0.798. The van der Waals surface area contributed by atoms with Crippen molar-refractivity contribution in [3.8, 4) is 0 Å². The van der Waals surface area contributed by atoms with E-state index in [2.05, 4.69) is 33.2 Å². The number of primary amides is 1. The van der Waals surface area contributed by atoms with E-state index in [1.807, 2.05) is 38.1 Å². The highest BCUT2D eigenvalue weighted by Crippen LogP contribution is 2.11. The number of hydrogen-bond acceptors (Lipinski definition) is 3. The van der Waals surface area contributed by atoms with Gasteiger partial charge < -0.3 is 16.4 Å². The quantitative estimate of drug-likeness (QED) is 0.527. The van der Waals surface area contributed by atoms with Crippen molar-refractivity contribution in [2.45, 2.75) is 45.7 Å². The first kappa shape index (κ1) is 20.4. The van der Waals surface area contributed by atoms with E-state index in [1.54, 1.807) is 0 Å². The third kappa shape index (κ3) is 7.29. The normalized spacial score (nSPS) is 13.2. The third-order valence-electron chi connectivity index (χ3n) is 3.39. The molecule has 6 nitrogen and oxygen atoms in total. The van der Waals surface area contributed by atoms with Crippen molar-refractivity contribution in [1.29, 1.82) is 0 Å². The highest BCUT2D eigenvalue weighted by molar-refractivity contribution is 14.1. The lowest BCUT2D eigenvalue weighted by atomic mass is 10.0. The molecule has 3 amide bonds. The van der Waals surface area contributed by atoms with Crippen molar-refractivity contribution < 1.29 is 14.4 Å². The zero-order valence-corrected chi connectivity index (χ0v) is 16.3. The summed E-state index contributed by atoms with van der Waals surface area (Å²) < 4.78 is 1.04. The Morgan fingerprint density at radius 1 is 1.17 bits per heavy atom. The van der Waals surface area contributed by atoms with Crippen LogP contribution in [0.2, 0.25) is 0 Å². The van der Waals surface area contributed by atoms with E-state index in [0.717, 1.165) is 9.13 Å². The molecule has 1 rings (SSSR count). The molecule has 0 bridgehead atoms. The second-order valence-electron chi connectivity index (χ2n) is 6.18. The van der Waals surface area contributed by atoms with Gasteiger partial charge in [-0.05, 0) is 52.6 Å². The SMILES string of the molecule is CC(=O)N[C@@H](CC(C)C)C(=O)N[C@H](Cc1cccc(I)c1)C(N)=O.